The molecular weight excluding hydrogens is 442 g/mol. The van der Waals surface area contributed by atoms with Crippen LogP contribution >= 0.6 is 11.8 Å². The molecular formula is C24H29N3O3S2. The van der Waals surface area contributed by atoms with Gasteiger partial charge in [0.15, 0.2) is 15.0 Å². The number of sulfone groups is 1. The first-order chi connectivity index (χ1) is 15.2. The van der Waals surface area contributed by atoms with Gasteiger partial charge in [0.1, 0.15) is 0 Å². The van der Waals surface area contributed by atoms with Crippen molar-refractivity contribution in [3.63, 3.8) is 0 Å². The van der Waals surface area contributed by atoms with Crippen LogP contribution in [0.3, 0.4) is 0 Å². The second-order valence-electron chi connectivity index (χ2n) is 8.84. The van der Waals surface area contributed by atoms with Gasteiger partial charge in [0.2, 0.25) is 5.91 Å². The molecule has 2 heterocycles. The summed E-state index contributed by atoms with van der Waals surface area (Å²) in [7, 11) is -3.06. The molecule has 0 bridgehead atoms. The highest BCUT2D eigenvalue weighted by Gasteiger charge is 2.35. The number of para-hydroxylation sites is 2. The van der Waals surface area contributed by atoms with Crippen LogP contribution < -0.4 is 0 Å². The summed E-state index contributed by atoms with van der Waals surface area (Å²) in [6.07, 6.45) is 0.521. The first-order valence-corrected chi connectivity index (χ1v) is 13.7. The molecule has 170 valence electrons. The summed E-state index contributed by atoms with van der Waals surface area (Å²) in [5, 5.41) is 0.758. The fraction of sp³-hybridized carbons (Fsp3) is 0.417. The molecule has 32 heavy (non-hydrogen) atoms. The standard InChI is InChI=1S/C24H29N3O3S2/c1-17(2)14-26(20-11-12-32(29,30)16-20)23(28)15-31-24-25-21-9-4-5-10-22(21)27(24)19-8-6-7-18(3)13-19/h4-10,13,17,20H,11-12,14-16H2,1-3H3/t20-/m0/s1. The van der Waals surface area contributed by atoms with Crippen LogP contribution in [0.2, 0.25) is 0 Å². The third kappa shape index (κ3) is 5.02. The van der Waals surface area contributed by atoms with Crippen molar-refractivity contribution in [1.82, 2.24) is 14.5 Å². The van der Waals surface area contributed by atoms with Gasteiger partial charge in [-0.15, -0.1) is 0 Å². The van der Waals surface area contributed by atoms with E-state index in [0.29, 0.717) is 13.0 Å². The first-order valence-electron chi connectivity index (χ1n) is 10.9. The molecule has 8 heteroatoms. The minimum atomic E-state index is -3.06. The van der Waals surface area contributed by atoms with Crippen molar-refractivity contribution in [3.05, 3.63) is 54.1 Å². The van der Waals surface area contributed by atoms with Crippen LogP contribution in [0.1, 0.15) is 25.8 Å². The Balaban J connectivity index is 1.60. The lowest BCUT2D eigenvalue weighted by molar-refractivity contribution is -0.130. The molecule has 1 saturated heterocycles. The van der Waals surface area contributed by atoms with Gasteiger partial charge >= 0.3 is 0 Å². The number of imidazole rings is 1. The lowest BCUT2D eigenvalue weighted by Gasteiger charge is -2.30. The maximum Gasteiger partial charge on any atom is 0.233 e. The Morgan fingerprint density at radius 2 is 2.00 bits per heavy atom. The number of aromatic nitrogens is 2. The summed E-state index contributed by atoms with van der Waals surface area (Å²) in [4.78, 5) is 19.8. The monoisotopic (exact) mass is 471 g/mol. The molecule has 0 spiro atoms. The molecule has 1 aliphatic heterocycles. The summed E-state index contributed by atoms with van der Waals surface area (Å²) in [6.45, 7) is 6.72. The van der Waals surface area contributed by atoms with Gasteiger partial charge < -0.3 is 4.90 Å². The number of fused-ring (bicyclic) bond motifs is 1. The number of thioether (sulfide) groups is 1. The zero-order valence-electron chi connectivity index (χ0n) is 18.7. The van der Waals surface area contributed by atoms with Crippen molar-refractivity contribution in [2.24, 2.45) is 5.92 Å². The molecule has 1 aromatic heterocycles. The molecule has 1 aliphatic rings. The van der Waals surface area contributed by atoms with Crippen molar-refractivity contribution >= 4 is 38.5 Å². The molecule has 0 N–H and O–H groups in total. The number of rotatable bonds is 7. The Bertz CT molecular complexity index is 1230. The largest absolute Gasteiger partial charge is 0.338 e. The van der Waals surface area contributed by atoms with Crippen LogP contribution in [0.4, 0.5) is 0 Å². The summed E-state index contributed by atoms with van der Waals surface area (Å²) in [5.41, 5.74) is 4.03. The summed E-state index contributed by atoms with van der Waals surface area (Å²) in [5.74, 6) is 0.685. The zero-order valence-corrected chi connectivity index (χ0v) is 20.3. The van der Waals surface area contributed by atoms with E-state index < -0.39 is 9.84 Å². The van der Waals surface area contributed by atoms with E-state index in [4.69, 9.17) is 4.98 Å². The summed E-state index contributed by atoms with van der Waals surface area (Å²) >= 11 is 1.41. The van der Waals surface area contributed by atoms with E-state index in [0.717, 1.165) is 27.4 Å². The van der Waals surface area contributed by atoms with Crippen LogP contribution in [0, 0.1) is 12.8 Å². The van der Waals surface area contributed by atoms with E-state index >= 15 is 0 Å². The number of carbonyl (C=O) groups excluding carboxylic acids is 1. The number of aryl methyl sites for hydroxylation is 1. The molecule has 6 nitrogen and oxygen atoms in total. The van der Waals surface area contributed by atoms with Crippen molar-refractivity contribution in [2.45, 2.75) is 38.4 Å². The van der Waals surface area contributed by atoms with E-state index in [1.807, 2.05) is 50.2 Å². The summed E-state index contributed by atoms with van der Waals surface area (Å²) < 4.78 is 26.1. The van der Waals surface area contributed by atoms with Gasteiger partial charge in [0.25, 0.3) is 0 Å². The molecule has 1 amide bonds. The van der Waals surface area contributed by atoms with Crippen molar-refractivity contribution < 1.29 is 13.2 Å². The Morgan fingerprint density at radius 1 is 1.22 bits per heavy atom. The smallest absolute Gasteiger partial charge is 0.233 e. The quantitative estimate of drug-likeness (QED) is 0.485. The Hall–Kier alpha value is -2.32. The third-order valence-electron chi connectivity index (χ3n) is 5.65. The van der Waals surface area contributed by atoms with Gasteiger partial charge in [-0.1, -0.05) is 49.9 Å². The number of nitrogens with zero attached hydrogens (tertiary/aromatic N) is 3. The Morgan fingerprint density at radius 3 is 2.69 bits per heavy atom. The van der Waals surface area contributed by atoms with Gasteiger partial charge in [-0.25, -0.2) is 13.4 Å². The van der Waals surface area contributed by atoms with E-state index in [2.05, 4.69) is 23.6 Å². The van der Waals surface area contributed by atoms with E-state index in [1.165, 1.54) is 11.8 Å². The van der Waals surface area contributed by atoms with Crippen molar-refractivity contribution in [1.29, 1.82) is 0 Å². The third-order valence-corrected chi connectivity index (χ3v) is 8.32. The second kappa shape index (κ2) is 9.27. The van der Waals surface area contributed by atoms with Gasteiger partial charge in [0.05, 0.1) is 28.3 Å². The van der Waals surface area contributed by atoms with Crippen LogP contribution in [-0.2, 0) is 14.6 Å². The molecule has 0 unspecified atom stereocenters. The lowest BCUT2D eigenvalue weighted by Crippen LogP contribution is -2.44. The van der Waals surface area contributed by atoms with Crippen LogP contribution in [0.25, 0.3) is 16.7 Å². The average molecular weight is 472 g/mol. The minimum absolute atomic E-state index is 0.0337. The predicted molar refractivity (Wildman–Crippen MR) is 130 cm³/mol. The number of hydrogen-bond acceptors (Lipinski definition) is 5. The molecule has 0 aliphatic carbocycles. The van der Waals surface area contributed by atoms with Crippen molar-refractivity contribution in [2.75, 3.05) is 23.8 Å². The SMILES string of the molecule is Cc1cccc(-n2c(SCC(=O)N(CC(C)C)[C@H]3CCS(=O)(=O)C3)nc3ccccc32)c1. The zero-order chi connectivity index (χ0) is 22.9. The predicted octanol–water partition coefficient (Wildman–Crippen LogP) is 4.10. The fourth-order valence-electron chi connectivity index (χ4n) is 4.20. The molecule has 3 aromatic rings. The Kier molecular flexibility index (Phi) is 6.62. The molecule has 0 saturated carbocycles. The maximum absolute atomic E-state index is 13.2. The van der Waals surface area contributed by atoms with Crippen LogP contribution in [0.15, 0.2) is 53.7 Å². The summed E-state index contributed by atoms with van der Waals surface area (Å²) in [6, 6.07) is 15.9. The lowest BCUT2D eigenvalue weighted by atomic mass is 10.1. The van der Waals surface area contributed by atoms with E-state index in [9.17, 15) is 13.2 Å². The molecule has 0 radical (unpaired) electrons. The van der Waals surface area contributed by atoms with Crippen LogP contribution in [-0.4, -0.2) is 58.6 Å². The van der Waals surface area contributed by atoms with Gasteiger partial charge in [-0.05, 0) is 49.1 Å². The number of hydrogen-bond donors (Lipinski definition) is 0. The average Bonchev–Trinajstić information content (AvgIpc) is 3.29. The topological polar surface area (TPSA) is 72.3 Å². The van der Waals surface area contributed by atoms with Crippen LogP contribution in [0.5, 0.6) is 0 Å². The first kappa shape index (κ1) is 22.9. The number of benzene rings is 2. The minimum Gasteiger partial charge on any atom is -0.338 e. The van der Waals surface area contributed by atoms with E-state index in [-0.39, 0.29) is 35.1 Å². The highest BCUT2D eigenvalue weighted by Crippen LogP contribution is 2.29. The van der Waals surface area contributed by atoms with Crippen molar-refractivity contribution in [3.8, 4) is 5.69 Å². The molecule has 2 aromatic carbocycles. The Labute approximate surface area is 193 Å². The van der Waals surface area contributed by atoms with E-state index in [1.54, 1.807) is 4.90 Å². The molecule has 1 atom stereocenters. The van der Waals surface area contributed by atoms with Gasteiger partial charge in [-0.3, -0.25) is 9.36 Å². The fourth-order valence-corrected chi connectivity index (χ4v) is 6.84. The normalized spacial score (nSPS) is 17.8. The van der Waals surface area contributed by atoms with Gasteiger partial charge in [-0.2, -0.15) is 0 Å². The highest BCUT2D eigenvalue weighted by molar-refractivity contribution is 7.99. The molecule has 4 rings (SSSR count). The second-order valence-corrected chi connectivity index (χ2v) is 12.0. The number of amides is 1. The maximum atomic E-state index is 13.2. The highest BCUT2D eigenvalue weighted by atomic mass is 32.2. The van der Waals surface area contributed by atoms with Gasteiger partial charge in [0, 0.05) is 18.3 Å². The number of carbonyl (C=O) groups is 1. The molecule has 1 fully saturated rings.